The van der Waals surface area contributed by atoms with Crippen molar-refractivity contribution in [2.24, 2.45) is 0 Å². The molecule has 0 aliphatic heterocycles. The van der Waals surface area contributed by atoms with E-state index in [-0.39, 0.29) is 29.4 Å². The fourth-order valence-electron chi connectivity index (χ4n) is 2.22. The largest absolute Gasteiger partial charge is 0.483 e. The van der Waals surface area contributed by atoms with Crippen LogP contribution >= 0.6 is 0 Å². The molecule has 0 saturated carbocycles. The number of carbonyl (C=O) groups excluding carboxylic acids is 1. The second-order valence-electron chi connectivity index (χ2n) is 5.39. The summed E-state index contributed by atoms with van der Waals surface area (Å²) in [4.78, 5) is 30.9. The number of hydrogen-bond acceptors (Lipinski definition) is 4. The Bertz CT molecular complexity index is 893. The highest BCUT2D eigenvalue weighted by Gasteiger charge is 2.09. The number of hydrogen-bond donors (Lipinski definition) is 2. The van der Waals surface area contributed by atoms with Crippen LogP contribution in [0.1, 0.15) is 21.6 Å². The first-order chi connectivity index (χ1) is 12.2. The van der Waals surface area contributed by atoms with E-state index in [4.69, 9.17) is 4.74 Å². The highest BCUT2D eigenvalue weighted by atomic mass is 16.5. The molecule has 2 aromatic heterocycles. The van der Waals surface area contributed by atoms with Gasteiger partial charge < -0.3 is 15.0 Å². The van der Waals surface area contributed by atoms with E-state index in [9.17, 15) is 9.59 Å². The van der Waals surface area contributed by atoms with E-state index in [0.29, 0.717) is 6.54 Å². The second-order valence-corrected chi connectivity index (χ2v) is 5.39. The summed E-state index contributed by atoms with van der Waals surface area (Å²) in [5.41, 5.74) is 1.73. The van der Waals surface area contributed by atoms with Gasteiger partial charge in [-0.2, -0.15) is 0 Å². The summed E-state index contributed by atoms with van der Waals surface area (Å²) in [5, 5.41) is 2.74. The van der Waals surface area contributed by atoms with Crippen LogP contribution in [0.4, 0.5) is 0 Å². The fourth-order valence-corrected chi connectivity index (χ4v) is 2.22. The zero-order valence-corrected chi connectivity index (χ0v) is 13.4. The number of rotatable bonds is 6. The number of aromatic nitrogens is 2. The van der Waals surface area contributed by atoms with Crippen molar-refractivity contribution in [3.8, 4) is 5.75 Å². The Kier molecular flexibility index (Phi) is 5.21. The van der Waals surface area contributed by atoms with Crippen LogP contribution in [0.5, 0.6) is 5.75 Å². The predicted octanol–water partition coefficient (Wildman–Crippen LogP) is 2.28. The van der Waals surface area contributed by atoms with E-state index in [1.807, 2.05) is 42.5 Å². The zero-order valence-electron chi connectivity index (χ0n) is 13.4. The van der Waals surface area contributed by atoms with Gasteiger partial charge >= 0.3 is 0 Å². The van der Waals surface area contributed by atoms with Gasteiger partial charge in [-0.05, 0) is 23.3 Å². The number of amides is 1. The summed E-state index contributed by atoms with van der Waals surface area (Å²) in [5.74, 6) is -0.182. The third-order valence-corrected chi connectivity index (χ3v) is 3.56. The van der Waals surface area contributed by atoms with E-state index in [1.165, 1.54) is 12.3 Å². The van der Waals surface area contributed by atoms with Gasteiger partial charge in [0.15, 0.2) is 5.75 Å². The number of nitrogens with zero attached hydrogens (tertiary/aromatic N) is 1. The minimum atomic E-state index is -0.358. The summed E-state index contributed by atoms with van der Waals surface area (Å²) in [7, 11) is 0. The Balaban J connectivity index is 1.61. The molecule has 0 aliphatic rings. The Morgan fingerprint density at radius 3 is 2.56 bits per heavy atom. The predicted molar refractivity (Wildman–Crippen MR) is 93.2 cm³/mol. The van der Waals surface area contributed by atoms with Gasteiger partial charge in [0.05, 0.1) is 0 Å². The van der Waals surface area contributed by atoms with Gasteiger partial charge in [-0.1, -0.05) is 30.3 Å². The maximum Gasteiger partial charge on any atom is 0.268 e. The summed E-state index contributed by atoms with van der Waals surface area (Å²) < 4.78 is 5.50. The van der Waals surface area contributed by atoms with Crippen molar-refractivity contribution >= 4 is 5.91 Å². The maximum atomic E-state index is 12.1. The van der Waals surface area contributed by atoms with Crippen molar-refractivity contribution in [1.82, 2.24) is 15.3 Å². The molecule has 2 N–H and O–H groups in total. The van der Waals surface area contributed by atoms with E-state index in [1.54, 1.807) is 12.4 Å². The molecule has 2 heterocycles. The highest BCUT2D eigenvalue weighted by molar-refractivity contribution is 5.92. The molecule has 6 heteroatoms. The Morgan fingerprint density at radius 1 is 1.08 bits per heavy atom. The molecule has 0 atom stereocenters. The van der Waals surface area contributed by atoms with Crippen LogP contribution < -0.4 is 15.5 Å². The van der Waals surface area contributed by atoms with Gasteiger partial charge in [-0.25, -0.2) is 0 Å². The molecule has 3 rings (SSSR count). The van der Waals surface area contributed by atoms with E-state index >= 15 is 0 Å². The molecule has 0 fully saturated rings. The SMILES string of the molecule is O=C(NCc1ccncc1)c1cc(=O)c(OCc2ccccc2)c[nH]1. The minimum absolute atomic E-state index is 0.175. The lowest BCUT2D eigenvalue weighted by molar-refractivity contribution is 0.0945. The van der Waals surface area contributed by atoms with Gasteiger partial charge in [0.25, 0.3) is 5.91 Å². The van der Waals surface area contributed by atoms with Crippen molar-refractivity contribution in [2.75, 3.05) is 0 Å². The fraction of sp³-hybridized carbons (Fsp3) is 0.105. The topological polar surface area (TPSA) is 84.1 Å². The molecule has 0 bridgehead atoms. The first kappa shape index (κ1) is 16.4. The van der Waals surface area contributed by atoms with Gasteiger partial charge in [0.1, 0.15) is 12.3 Å². The van der Waals surface area contributed by atoms with Crippen molar-refractivity contribution < 1.29 is 9.53 Å². The van der Waals surface area contributed by atoms with E-state index in [0.717, 1.165) is 11.1 Å². The molecular formula is C19H17N3O3. The van der Waals surface area contributed by atoms with Crippen LogP contribution in [0.3, 0.4) is 0 Å². The van der Waals surface area contributed by atoms with Crippen LogP contribution in [-0.4, -0.2) is 15.9 Å². The average molecular weight is 335 g/mol. The number of carbonyl (C=O) groups is 1. The monoisotopic (exact) mass is 335 g/mol. The Hall–Kier alpha value is -3.41. The van der Waals surface area contributed by atoms with Crippen LogP contribution in [0, 0.1) is 0 Å². The Labute approximate surface area is 144 Å². The standard InChI is InChI=1S/C19H17N3O3/c23-17-10-16(19(24)22-11-14-6-8-20-9-7-14)21-12-18(17)25-13-15-4-2-1-3-5-15/h1-10,12H,11,13H2,(H,21,23)(H,22,24). The summed E-state index contributed by atoms with van der Waals surface area (Å²) >= 11 is 0. The lowest BCUT2D eigenvalue weighted by Crippen LogP contribution is -2.25. The maximum absolute atomic E-state index is 12.1. The third-order valence-electron chi connectivity index (χ3n) is 3.56. The molecule has 0 saturated heterocycles. The highest BCUT2D eigenvalue weighted by Crippen LogP contribution is 2.07. The summed E-state index contributed by atoms with van der Waals surface area (Å²) in [6, 6.07) is 14.4. The van der Waals surface area contributed by atoms with Crippen LogP contribution in [0.15, 0.2) is 71.9 Å². The van der Waals surface area contributed by atoms with Crippen molar-refractivity contribution in [2.45, 2.75) is 13.2 Å². The molecule has 0 aliphatic carbocycles. The molecule has 1 aromatic carbocycles. The van der Waals surface area contributed by atoms with Gasteiger partial charge in [-0.15, -0.1) is 0 Å². The van der Waals surface area contributed by atoms with Gasteiger partial charge in [-0.3, -0.25) is 14.6 Å². The second kappa shape index (κ2) is 7.92. The molecule has 6 nitrogen and oxygen atoms in total. The van der Waals surface area contributed by atoms with Gasteiger partial charge in [0.2, 0.25) is 5.43 Å². The molecule has 0 unspecified atom stereocenters. The first-order valence-electron chi connectivity index (χ1n) is 7.79. The third kappa shape index (κ3) is 4.54. The van der Waals surface area contributed by atoms with Crippen LogP contribution in [-0.2, 0) is 13.2 Å². The first-order valence-corrected chi connectivity index (χ1v) is 7.79. The molecule has 0 radical (unpaired) electrons. The molecule has 3 aromatic rings. The lowest BCUT2D eigenvalue weighted by atomic mass is 10.2. The van der Waals surface area contributed by atoms with Crippen molar-refractivity contribution in [3.63, 3.8) is 0 Å². The number of benzene rings is 1. The van der Waals surface area contributed by atoms with E-state index < -0.39 is 0 Å². The quantitative estimate of drug-likeness (QED) is 0.724. The molecule has 1 amide bonds. The summed E-state index contributed by atoms with van der Waals surface area (Å²) in [6.07, 6.45) is 4.72. The number of H-pyrrole nitrogens is 1. The van der Waals surface area contributed by atoms with E-state index in [2.05, 4.69) is 15.3 Å². The molecule has 25 heavy (non-hydrogen) atoms. The number of pyridine rings is 2. The molecule has 0 spiro atoms. The Morgan fingerprint density at radius 2 is 1.84 bits per heavy atom. The number of aromatic amines is 1. The number of nitrogens with one attached hydrogen (secondary N) is 2. The minimum Gasteiger partial charge on any atom is -0.483 e. The van der Waals surface area contributed by atoms with Crippen molar-refractivity contribution in [1.29, 1.82) is 0 Å². The summed E-state index contributed by atoms with van der Waals surface area (Å²) in [6.45, 7) is 0.646. The van der Waals surface area contributed by atoms with Crippen LogP contribution in [0.2, 0.25) is 0 Å². The molecular weight excluding hydrogens is 318 g/mol. The van der Waals surface area contributed by atoms with Crippen molar-refractivity contribution in [3.05, 3.63) is 94.2 Å². The average Bonchev–Trinajstić information content (AvgIpc) is 2.66. The molecule has 126 valence electrons. The number of ether oxygens (including phenoxy) is 1. The zero-order chi connectivity index (χ0) is 17.5. The lowest BCUT2D eigenvalue weighted by Gasteiger charge is -2.08. The normalized spacial score (nSPS) is 10.2. The van der Waals surface area contributed by atoms with Crippen LogP contribution in [0.25, 0.3) is 0 Å². The van der Waals surface area contributed by atoms with Gasteiger partial charge in [0, 0.05) is 31.2 Å². The smallest absolute Gasteiger partial charge is 0.268 e.